The number of carbonyl (C=O) groups excluding carboxylic acids is 1. The fraction of sp³-hybridized carbons (Fsp3) is 0.381. The molecule has 1 N–H and O–H groups in total. The molecule has 0 aliphatic heterocycles. The van der Waals surface area contributed by atoms with Crippen molar-refractivity contribution >= 4 is 40.9 Å². The fourth-order valence-electron chi connectivity index (χ4n) is 2.71. The van der Waals surface area contributed by atoms with E-state index in [-0.39, 0.29) is 11.9 Å². The molecule has 2 aromatic carbocycles. The summed E-state index contributed by atoms with van der Waals surface area (Å²) in [5.41, 5.74) is 2.14. The number of carbonyl (C=O) groups is 1. The van der Waals surface area contributed by atoms with Crippen molar-refractivity contribution < 1.29 is 9.53 Å². The molecular weight excluding hydrogens is 401 g/mol. The van der Waals surface area contributed by atoms with E-state index in [0.717, 1.165) is 23.3 Å². The third kappa shape index (κ3) is 7.28. The van der Waals surface area contributed by atoms with Crippen LogP contribution in [-0.4, -0.2) is 18.8 Å². The summed E-state index contributed by atoms with van der Waals surface area (Å²) in [5, 5.41) is 4.24. The van der Waals surface area contributed by atoms with Crippen molar-refractivity contribution in [3.63, 3.8) is 0 Å². The quantitative estimate of drug-likeness (QED) is 0.524. The van der Waals surface area contributed by atoms with Gasteiger partial charge in [-0.05, 0) is 47.7 Å². The van der Waals surface area contributed by atoms with E-state index in [1.807, 2.05) is 36.4 Å². The van der Waals surface area contributed by atoms with Crippen LogP contribution in [-0.2, 0) is 10.5 Å². The van der Waals surface area contributed by atoms with Crippen LogP contribution in [0.15, 0.2) is 42.5 Å². The Hall–Kier alpha value is -1.36. The Morgan fingerprint density at radius 3 is 2.41 bits per heavy atom. The van der Waals surface area contributed by atoms with Crippen LogP contribution in [0.3, 0.4) is 0 Å². The van der Waals surface area contributed by atoms with E-state index in [1.54, 1.807) is 24.9 Å². The Labute approximate surface area is 175 Å². The summed E-state index contributed by atoms with van der Waals surface area (Å²) in [7, 11) is 1.65. The molecule has 0 unspecified atom stereocenters. The largest absolute Gasteiger partial charge is 0.497 e. The van der Waals surface area contributed by atoms with Crippen LogP contribution >= 0.6 is 35.0 Å². The number of methoxy groups -OCH3 is 1. The van der Waals surface area contributed by atoms with Crippen molar-refractivity contribution in [2.45, 2.75) is 32.1 Å². The van der Waals surface area contributed by atoms with Crippen molar-refractivity contribution in [1.82, 2.24) is 5.32 Å². The molecule has 0 aromatic heterocycles. The molecule has 0 spiro atoms. The van der Waals surface area contributed by atoms with Crippen LogP contribution in [0, 0.1) is 5.92 Å². The smallest absolute Gasteiger partial charge is 0.230 e. The maximum absolute atomic E-state index is 12.4. The second kappa shape index (κ2) is 10.8. The second-order valence-electron chi connectivity index (χ2n) is 6.76. The predicted octanol–water partition coefficient (Wildman–Crippen LogP) is 6.14. The molecule has 0 aliphatic rings. The maximum Gasteiger partial charge on any atom is 0.230 e. The van der Waals surface area contributed by atoms with Crippen LogP contribution in [0.4, 0.5) is 0 Å². The highest BCUT2D eigenvalue weighted by Gasteiger charge is 2.16. The average Bonchev–Trinajstić information content (AvgIpc) is 2.64. The molecule has 3 nitrogen and oxygen atoms in total. The molecule has 2 rings (SSSR count). The van der Waals surface area contributed by atoms with Gasteiger partial charge in [-0.15, -0.1) is 11.8 Å². The molecule has 2 aromatic rings. The normalized spacial score (nSPS) is 12.1. The van der Waals surface area contributed by atoms with E-state index in [2.05, 4.69) is 19.2 Å². The van der Waals surface area contributed by atoms with Crippen LogP contribution in [0.5, 0.6) is 5.75 Å². The molecule has 6 heteroatoms. The Kier molecular flexibility index (Phi) is 8.81. The number of nitrogens with one attached hydrogen (secondary N) is 1. The molecule has 0 saturated heterocycles. The van der Waals surface area contributed by atoms with Gasteiger partial charge in [0, 0.05) is 5.75 Å². The lowest BCUT2D eigenvalue weighted by Gasteiger charge is -2.21. The molecule has 0 bridgehead atoms. The topological polar surface area (TPSA) is 38.3 Å². The average molecular weight is 426 g/mol. The highest BCUT2D eigenvalue weighted by Crippen LogP contribution is 2.26. The standard InChI is InChI=1S/C21H25Cl2NO2S/c1-14(2)10-20(16-5-7-17(26-3)8-6-16)24-21(25)13-27-12-15-4-9-18(22)19(23)11-15/h4-9,11,14,20H,10,12-13H2,1-3H3,(H,24,25)/t20-/m0/s1. The summed E-state index contributed by atoms with van der Waals surface area (Å²) >= 11 is 13.5. The molecular formula is C21H25Cl2NO2S. The van der Waals surface area contributed by atoms with Crippen LogP contribution in [0.1, 0.15) is 37.4 Å². The maximum atomic E-state index is 12.4. The number of hydrogen-bond acceptors (Lipinski definition) is 3. The first-order chi connectivity index (χ1) is 12.9. The lowest BCUT2D eigenvalue weighted by Crippen LogP contribution is -2.30. The van der Waals surface area contributed by atoms with Gasteiger partial charge < -0.3 is 10.1 Å². The van der Waals surface area contributed by atoms with Crippen molar-refractivity contribution in [3.8, 4) is 5.75 Å². The van der Waals surface area contributed by atoms with Gasteiger partial charge in [-0.1, -0.05) is 55.2 Å². The highest BCUT2D eigenvalue weighted by molar-refractivity contribution is 7.99. The Morgan fingerprint density at radius 2 is 1.81 bits per heavy atom. The van der Waals surface area contributed by atoms with Crippen molar-refractivity contribution in [2.75, 3.05) is 12.9 Å². The SMILES string of the molecule is COc1ccc([C@H](CC(C)C)NC(=O)CSCc2ccc(Cl)c(Cl)c2)cc1. The number of hydrogen-bond donors (Lipinski definition) is 1. The van der Waals surface area contributed by atoms with E-state index in [1.165, 1.54) is 0 Å². The first-order valence-electron chi connectivity index (χ1n) is 8.84. The zero-order chi connectivity index (χ0) is 19.8. The first-order valence-corrected chi connectivity index (χ1v) is 10.7. The van der Waals surface area contributed by atoms with E-state index in [9.17, 15) is 4.79 Å². The van der Waals surface area contributed by atoms with Gasteiger partial charge in [0.1, 0.15) is 5.75 Å². The lowest BCUT2D eigenvalue weighted by molar-refractivity contribution is -0.119. The molecule has 0 radical (unpaired) electrons. The molecule has 0 saturated carbocycles. The minimum Gasteiger partial charge on any atom is -0.497 e. The summed E-state index contributed by atoms with van der Waals surface area (Å²) in [4.78, 5) is 12.4. The monoisotopic (exact) mass is 425 g/mol. The summed E-state index contributed by atoms with van der Waals surface area (Å²) in [6.07, 6.45) is 0.884. The Balaban J connectivity index is 1.91. The number of amides is 1. The molecule has 1 amide bonds. The molecule has 0 aliphatic carbocycles. The van der Waals surface area contributed by atoms with Crippen LogP contribution in [0.2, 0.25) is 10.0 Å². The van der Waals surface area contributed by atoms with Crippen LogP contribution in [0.25, 0.3) is 0 Å². The van der Waals surface area contributed by atoms with Crippen molar-refractivity contribution in [1.29, 1.82) is 0 Å². The number of ether oxygens (including phenoxy) is 1. The highest BCUT2D eigenvalue weighted by atomic mass is 35.5. The minimum atomic E-state index is -0.00557. The molecule has 27 heavy (non-hydrogen) atoms. The van der Waals surface area contributed by atoms with Crippen molar-refractivity contribution in [3.05, 3.63) is 63.6 Å². The van der Waals surface area contributed by atoms with Gasteiger partial charge in [0.05, 0.1) is 28.9 Å². The molecule has 146 valence electrons. The van der Waals surface area contributed by atoms with Gasteiger partial charge in [-0.3, -0.25) is 4.79 Å². The van der Waals surface area contributed by atoms with Gasteiger partial charge in [-0.2, -0.15) is 0 Å². The predicted molar refractivity (Wildman–Crippen MR) is 116 cm³/mol. The van der Waals surface area contributed by atoms with Crippen molar-refractivity contribution in [2.24, 2.45) is 5.92 Å². The molecule has 0 heterocycles. The van der Waals surface area contributed by atoms with Crippen LogP contribution < -0.4 is 10.1 Å². The van der Waals surface area contributed by atoms with E-state index in [0.29, 0.717) is 27.5 Å². The van der Waals surface area contributed by atoms with E-state index in [4.69, 9.17) is 27.9 Å². The summed E-state index contributed by atoms with van der Waals surface area (Å²) in [6, 6.07) is 13.4. The van der Waals surface area contributed by atoms with Gasteiger partial charge in [0.25, 0.3) is 0 Å². The number of benzene rings is 2. The number of thioether (sulfide) groups is 1. The summed E-state index contributed by atoms with van der Waals surface area (Å²) in [6.45, 7) is 4.31. The third-order valence-corrected chi connectivity index (χ3v) is 5.79. The first kappa shape index (κ1) is 21.9. The summed E-state index contributed by atoms with van der Waals surface area (Å²) < 4.78 is 5.21. The minimum absolute atomic E-state index is 0.00557. The van der Waals surface area contributed by atoms with E-state index >= 15 is 0 Å². The second-order valence-corrected chi connectivity index (χ2v) is 8.56. The Morgan fingerprint density at radius 1 is 1.11 bits per heavy atom. The van der Waals surface area contributed by atoms with Gasteiger partial charge in [-0.25, -0.2) is 0 Å². The third-order valence-electron chi connectivity index (χ3n) is 4.05. The van der Waals surface area contributed by atoms with Gasteiger partial charge >= 0.3 is 0 Å². The fourth-order valence-corrected chi connectivity index (χ4v) is 3.82. The summed E-state index contributed by atoms with van der Waals surface area (Å²) in [5.74, 6) is 2.42. The van der Waals surface area contributed by atoms with Gasteiger partial charge in [0.15, 0.2) is 0 Å². The zero-order valence-corrected chi connectivity index (χ0v) is 18.1. The molecule has 0 fully saturated rings. The van der Waals surface area contributed by atoms with Gasteiger partial charge in [0.2, 0.25) is 5.91 Å². The van der Waals surface area contributed by atoms with E-state index < -0.39 is 0 Å². The number of halogens is 2. The zero-order valence-electron chi connectivity index (χ0n) is 15.8. The lowest BCUT2D eigenvalue weighted by atomic mass is 9.97. The Bertz CT molecular complexity index is 750. The number of rotatable bonds is 9. The molecule has 1 atom stereocenters.